The monoisotopic (exact) mass is 261 g/mol. The molecule has 0 saturated heterocycles. The number of benzene rings is 1. The van der Waals surface area contributed by atoms with E-state index in [1.807, 2.05) is 36.7 Å². The minimum atomic E-state index is 0.736. The predicted octanol–water partition coefficient (Wildman–Crippen LogP) is 3.64. The van der Waals surface area contributed by atoms with Gasteiger partial charge in [0.25, 0.3) is 0 Å². The van der Waals surface area contributed by atoms with Crippen molar-refractivity contribution in [2.24, 2.45) is 0 Å². The number of rotatable bonds is 4. The second-order valence-corrected chi connectivity index (χ2v) is 4.39. The average molecular weight is 262 g/mol. The van der Waals surface area contributed by atoms with E-state index in [2.05, 4.69) is 28.7 Å². The highest BCUT2D eigenvalue weighted by Gasteiger charge is 2.05. The van der Waals surface area contributed by atoms with E-state index in [9.17, 15) is 0 Å². The Kier molecular flexibility index (Phi) is 4.15. The van der Waals surface area contributed by atoms with Gasteiger partial charge in [0, 0.05) is 36.1 Å². The maximum absolute atomic E-state index is 5.87. The summed E-state index contributed by atoms with van der Waals surface area (Å²) in [5.41, 5.74) is 2.08. The molecule has 18 heavy (non-hydrogen) atoms. The molecule has 1 aromatic heterocycles. The number of nitrogens with zero attached hydrogens (tertiary/aromatic N) is 3. The van der Waals surface area contributed by atoms with Crippen LogP contribution in [0.4, 0.5) is 5.95 Å². The molecule has 0 atom stereocenters. The molecule has 2 aromatic rings. The predicted molar refractivity (Wildman–Crippen MR) is 76.0 cm³/mol. The first-order valence-electron chi connectivity index (χ1n) is 6.07. The SMILES string of the molecule is CCN(CC)c1ncc(-c2ccc(Cl)cc2)cn1. The number of hydrogen-bond donors (Lipinski definition) is 0. The van der Waals surface area contributed by atoms with Crippen molar-refractivity contribution in [2.75, 3.05) is 18.0 Å². The Hall–Kier alpha value is -1.61. The van der Waals surface area contributed by atoms with E-state index in [1.54, 1.807) is 0 Å². The summed E-state index contributed by atoms with van der Waals surface area (Å²) in [5.74, 6) is 0.776. The first-order valence-corrected chi connectivity index (χ1v) is 6.45. The lowest BCUT2D eigenvalue weighted by Gasteiger charge is -2.18. The zero-order chi connectivity index (χ0) is 13.0. The topological polar surface area (TPSA) is 29.0 Å². The zero-order valence-corrected chi connectivity index (χ0v) is 11.4. The summed E-state index contributed by atoms with van der Waals surface area (Å²) >= 11 is 5.87. The van der Waals surface area contributed by atoms with Crippen LogP contribution >= 0.6 is 11.6 Å². The first kappa shape index (κ1) is 12.8. The molecule has 0 saturated carbocycles. The zero-order valence-electron chi connectivity index (χ0n) is 10.6. The van der Waals surface area contributed by atoms with E-state index in [4.69, 9.17) is 11.6 Å². The van der Waals surface area contributed by atoms with Gasteiger partial charge < -0.3 is 4.90 Å². The lowest BCUT2D eigenvalue weighted by atomic mass is 10.1. The summed E-state index contributed by atoms with van der Waals surface area (Å²) in [5, 5.41) is 0.736. The van der Waals surface area contributed by atoms with E-state index in [0.29, 0.717) is 0 Å². The van der Waals surface area contributed by atoms with Crippen molar-refractivity contribution in [1.29, 1.82) is 0 Å². The molecule has 1 aromatic carbocycles. The van der Waals surface area contributed by atoms with Gasteiger partial charge in [-0.25, -0.2) is 9.97 Å². The molecule has 0 aliphatic carbocycles. The Balaban J connectivity index is 2.24. The molecule has 2 rings (SSSR count). The van der Waals surface area contributed by atoms with Crippen molar-refractivity contribution in [2.45, 2.75) is 13.8 Å². The van der Waals surface area contributed by atoms with Crippen LogP contribution in [0, 0.1) is 0 Å². The van der Waals surface area contributed by atoms with Crippen LogP contribution in [0.15, 0.2) is 36.7 Å². The highest BCUT2D eigenvalue weighted by molar-refractivity contribution is 6.30. The second-order valence-electron chi connectivity index (χ2n) is 3.95. The molecule has 0 radical (unpaired) electrons. The van der Waals surface area contributed by atoms with Gasteiger partial charge >= 0.3 is 0 Å². The Morgan fingerprint density at radius 2 is 1.50 bits per heavy atom. The van der Waals surface area contributed by atoms with Gasteiger partial charge in [-0.15, -0.1) is 0 Å². The van der Waals surface area contributed by atoms with Crippen LogP contribution in [0.2, 0.25) is 5.02 Å². The van der Waals surface area contributed by atoms with E-state index in [-0.39, 0.29) is 0 Å². The molecular weight excluding hydrogens is 246 g/mol. The fraction of sp³-hybridized carbons (Fsp3) is 0.286. The van der Waals surface area contributed by atoms with E-state index < -0.39 is 0 Å². The van der Waals surface area contributed by atoms with Crippen LogP contribution < -0.4 is 4.90 Å². The van der Waals surface area contributed by atoms with Crippen LogP contribution in [0.3, 0.4) is 0 Å². The molecule has 0 fully saturated rings. The third-order valence-corrected chi connectivity index (χ3v) is 3.11. The van der Waals surface area contributed by atoms with Crippen molar-refractivity contribution in [3.8, 4) is 11.1 Å². The molecule has 4 heteroatoms. The maximum atomic E-state index is 5.87. The lowest BCUT2D eigenvalue weighted by molar-refractivity contribution is 0.821. The summed E-state index contributed by atoms with van der Waals surface area (Å²) in [7, 11) is 0. The fourth-order valence-corrected chi connectivity index (χ4v) is 1.91. The fourth-order valence-electron chi connectivity index (χ4n) is 1.78. The number of hydrogen-bond acceptors (Lipinski definition) is 3. The Bertz CT molecular complexity index is 489. The molecule has 0 bridgehead atoms. The summed E-state index contributed by atoms with van der Waals surface area (Å²) in [6.07, 6.45) is 3.70. The molecule has 0 aliphatic heterocycles. The number of halogens is 1. The Morgan fingerprint density at radius 1 is 0.944 bits per heavy atom. The molecule has 1 heterocycles. The van der Waals surface area contributed by atoms with Crippen LogP contribution in [-0.2, 0) is 0 Å². The molecule has 0 spiro atoms. The van der Waals surface area contributed by atoms with Crippen molar-refractivity contribution in [3.63, 3.8) is 0 Å². The second kappa shape index (κ2) is 5.83. The van der Waals surface area contributed by atoms with Gasteiger partial charge in [-0.2, -0.15) is 0 Å². The Morgan fingerprint density at radius 3 is 2.00 bits per heavy atom. The smallest absolute Gasteiger partial charge is 0.225 e. The lowest BCUT2D eigenvalue weighted by Crippen LogP contribution is -2.23. The van der Waals surface area contributed by atoms with Crippen LogP contribution in [0.1, 0.15) is 13.8 Å². The van der Waals surface area contributed by atoms with E-state index in [1.165, 1.54) is 0 Å². The van der Waals surface area contributed by atoms with Gasteiger partial charge in [0.15, 0.2) is 0 Å². The molecule has 0 unspecified atom stereocenters. The molecule has 0 N–H and O–H groups in total. The highest BCUT2D eigenvalue weighted by Crippen LogP contribution is 2.21. The van der Waals surface area contributed by atoms with Gasteiger partial charge in [0.05, 0.1) is 0 Å². The largest absolute Gasteiger partial charge is 0.341 e. The third-order valence-electron chi connectivity index (χ3n) is 2.86. The minimum absolute atomic E-state index is 0.736. The van der Waals surface area contributed by atoms with Crippen molar-refractivity contribution >= 4 is 17.5 Å². The summed E-state index contributed by atoms with van der Waals surface area (Å²) in [6, 6.07) is 7.68. The normalized spacial score (nSPS) is 10.4. The summed E-state index contributed by atoms with van der Waals surface area (Å²) < 4.78 is 0. The number of anilines is 1. The quantitative estimate of drug-likeness (QED) is 0.841. The van der Waals surface area contributed by atoms with Gasteiger partial charge in [-0.1, -0.05) is 23.7 Å². The van der Waals surface area contributed by atoms with Crippen molar-refractivity contribution in [1.82, 2.24) is 9.97 Å². The number of aromatic nitrogens is 2. The third kappa shape index (κ3) is 2.79. The first-order chi connectivity index (χ1) is 8.74. The molecule has 3 nitrogen and oxygen atoms in total. The van der Waals surface area contributed by atoms with Gasteiger partial charge in [-0.05, 0) is 31.5 Å². The Labute approximate surface area is 112 Å². The van der Waals surface area contributed by atoms with Gasteiger partial charge in [0.1, 0.15) is 0 Å². The minimum Gasteiger partial charge on any atom is -0.341 e. The molecular formula is C14H16ClN3. The van der Waals surface area contributed by atoms with Crippen LogP contribution in [0.25, 0.3) is 11.1 Å². The average Bonchev–Trinajstić information content (AvgIpc) is 2.42. The molecule has 94 valence electrons. The van der Waals surface area contributed by atoms with Gasteiger partial charge in [0.2, 0.25) is 5.95 Å². The molecule has 0 amide bonds. The van der Waals surface area contributed by atoms with E-state index >= 15 is 0 Å². The van der Waals surface area contributed by atoms with Crippen LogP contribution in [0.5, 0.6) is 0 Å². The van der Waals surface area contributed by atoms with Crippen molar-refractivity contribution in [3.05, 3.63) is 41.7 Å². The van der Waals surface area contributed by atoms with Crippen molar-refractivity contribution < 1.29 is 0 Å². The van der Waals surface area contributed by atoms with Gasteiger partial charge in [-0.3, -0.25) is 0 Å². The molecule has 0 aliphatic rings. The maximum Gasteiger partial charge on any atom is 0.225 e. The summed E-state index contributed by atoms with van der Waals surface area (Å²) in [4.78, 5) is 10.9. The van der Waals surface area contributed by atoms with E-state index in [0.717, 1.165) is 35.2 Å². The highest BCUT2D eigenvalue weighted by atomic mass is 35.5. The summed E-state index contributed by atoms with van der Waals surface area (Å²) in [6.45, 7) is 6.02. The van der Waals surface area contributed by atoms with Crippen LogP contribution in [-0.4, -0.2) is 23.1 Å². The standard InChI is InChI=1S/C14H16ClN3/c1-3-18(4-2)14-16-9-12(10-17-14)11-5-7-13(15)8-6-11/h5-10H,3-4H2,1-2H3.